The molecule has 5 fully saturated rings. The molecule has 5 heteroatoms. The Hall–Kier alpha value is -0.720. The molecular formula is C27H40O5. The Morgan fingerprint density at radius 3 is 2.56 bits per heavy atom. The fourth-order valence-electron chi connectivity index (χ4n) is 9.19. The molecule has 6 rings (SSSR count). The molecule has 5 nitrogen and oxygen atoms in total. The average Bonchev–Trinajstić information content (AvgIpc) is 3.34. The quantitative estimate of drug-likeness (QED) is 0.498. The van der Waals surface area contributed by atoms with Gasteiger partial charge in [0.05, 0.1) is 31.0 Å². The summed E-state index contributed by atoms with van der Waals surface area (Å²) in [5.41, 5.74) is 1.71. The molecule has 5 unspecified atom stereocenters. The van der Waals surface area contributed by atoms with Gasteiger partial charge in [-0.15, -0.1) is 0 Å². The third-order valence-corrected chi connectivity index (χ3v) is 11.1. The van der Waals surface area contributed by atoms with Crippen LogP contribution in [0.25, 0.3) is 0 Å². The molecular weight excluding hydrogens is 404 g/mol. The van der Waals surface area contributed by atoms with Crippen molar-refractivity contribution >= 4 is 0 Å². The van der Waals surface area contributed by atoms with E-state index < -0.39 is 24.1 Å². The standard InChI is InChI=1S/C27H40O5/c1-14-7-10-27(31-13-14)16(3)22-15(2)26(24(30)23(22)32-27)9-8-19-20(26)6-5-17-11-18(28)12-21(29)25(17,19)4/h5,14,16,18-24,28-30H,2,6-13H2,1,3-4H3/t14?,16-,18?,19-,20+,21?,22-,23+,24?,25-,26?,27+/m0/s1. The van der Waals surface area contributed by atoms with Crippen molar-refractivity contribution in [1.82, 2.24) is 0 Å². The SMILES string of the molecule is C=C1[C@@H]2[C@@H](O[C@]3(CCC(C)CO3)[C@H]2C)C(O)C12CC[C@H]1[C@H]2CC=C2CC(O)CC(O)[C@@]21C. The Morgan fingerprint density at radius 2 is 1.88 bits per heavy atom. The van der Waals surface area contributed by atoms with Crippen molar-refractivity contribution in [2.45, 2.75) is 95.9 Å². The Bertz CT molecular complexity index is 843. The second kappa shape index (κ2) is 6.91. The molecule has 2 aliphatic heterocycles. The van der Waals surface area contributed by atoms with Crippen LogP contribution in [0, 0.1) is 40.4 Å². The van der Waals surface area contributed by atoms with Gasteiger partial charge in [0.2, 0.25) is 0 Å². The van der Waals surface area contributed by atoms with Crippen molar-refractivity contribution in [2.75, 3.05) is 6.61 Å². The van der Waals surface area contributed by atoms with Gasteiger partial charge in [-0.05, 0) is 49.9 Å². The second-order valence-electron chi connectivity index (χ2n) is 12.3. The summed E-state index contributed by atoms with van der Waals surface area (Å²) < 4.78 is 13.0. The van der Waals surface area contributed by atoms with Crippen LogP contribution in [0.2, 0.25) is 0 Å². The fraction of sp³-hybridized carbons (Fsp3) is 0.852. The number of ether oxygens (including phenoxy) is 2. The van der Waals surface area contributed by atoms with Crippen LogP contribution in [-0.4, -0.2) is 52.1 Å². The number of allylic oxidation sites excluding steroid dienone is 1. The lowest BCUT2D eigenvalue weighted by Gasteiger charge is -2.53. The molecule has 3 saturated carbocycles. The molecule has 2 saturated heterocycles. The highest BCUT2D eigenvalue weighted by atomic mass is 16.7. The van der Waals surface area contributed by atoms with Crippen LogP contribution in [0.3, 0.4) is 0 Å². The normalized spacial score (nSPS) is 59.2. The highest BCUT2D eigenvalue weighted by Gasteiger charge is 2.72. The van der Waals surface area contributed by atoms with Crippen molar-refractivity contribution in [2.24, 2.45) is 40.4 Å². The van der Waals surface area contributed by atoms with Gasteiger partial charge < -0.3 is 24.8 Å². The van der Waals surface area contributed by atoms with E-state index in [0.717, 1.165) is 38.7 Å². The lowest BCUT2D eigenvalue weighted by atomic mass is 9.53. The van der Waals surface area contributed by atoms with Crippen molar-refractivity contribution in [3.63, 3.8) is 0 Å². The Balaban J connectivity index is 1.33. The summed E-state index contributed by atoms with van der Waals surface area (Å²) in [6.07, 6.45) is 6.31. The average molecular weight is 445 g/mol. The maximum absolute atomic E-state index is 11.9. The molecule has 0 aromatic carbocycles. The molecule has 2 spiro atoms. The highest BCUT2D eigenvalue weighted by molar-refractivity contribution is 5.37. The number of hydrogen-bond acceptors (Lipinski definition) is 5. The van der Waals surface area contributed by atoms with E-state index in [4.69, 9.17) is 9.47 Å². The zero-order valence-electron chi connectivity index (χ0n) is 19.8. The van der Waals surface area contributed by atoms with Crippen LogP contribution in [0.4, 0.5) is 0 Å². The minimum absolute atomic E-state index is 0.119. The van der Waals surface area contributed by atoms with E-state index in [9.17, 15) is 15.3 Å². The van der Waals surface area contributed by atoms with Crippen molar-refractivity contribution in [1.29, 1.82) is 0 Å². The Kier molecular flexibility index (Phi) is 4.71. The molecule has 12 atom stereocenters. The smallest absolute Gasteiger partial charge is 0.172 e. The van der Waals surface area contributed by atoms with E-state index in [1.165, 1.54) is 11.1 Å². The summed E-state index contributed by atoms with van der Waals surface area (Å²) in [5.74, 6) is 0.831. The molecule has 0 aromatic rings. The molecule has 2 heterocycles. The van der Waals surface area contributed by atoms with Crippen LogP contribution in [-0.2, 0) is 9.47 Å². The van der Waals surface area contributed by atoms with Gasteiger partial charge in [-0.25, -0.2) is 0 Å². The molecule has 178 valence electrons. The van der Waals surface area contributed by atoms with Gasteiger partial charge in [0, 0.05) is 35.5 Å². The van der Waals surface area contributed by atoms with Gasteiger partial charge in [0.1, 0.15) is 0 Å². The number of aliphatic hydroxyl groups excluding tert-OH is 3. The van der Waals surface area contributed by atoms with E-state index in [1.54, 1.807) is 0 Å². The lowest BCUT2D eigenvalue weighted by molar-refractivity contribution is -0.280. The highest BCUT2D eigenvalue weighted by Crippen LogP contribution is 2.71. The first-order chi connectivity index (χ1) is 15.1. The molecule has 6 aliphatic rings. The van der Waals surface area contributed by atoms with Crippen LogP contribution in [0.1, 0.15) is 65.7 Å². The predicted molar refractivity (Wildman–Crippen MR) is 120 cm³/mol. The zero-order chi connectivity index (χ0) is 22.6. The van der Waals surface area contributed by atoms with Gasteiger partial charge in [-0.1, -0.05) is 44.6 Å². The zero-order valence-corrected chi connectivity index (χ0v) is 19.8. The van der Waals surface area contributed by atoms with E-state index in [-0.39, 0.29) is 34.7 Å². The van der Waals surface area contributed by atoms with Gasteiger partial charge >= 0.3 is 0 Å². The van der Waals surface area contributed by atoms with Crippen LogP contribution in [0.15, 0.2) is 23.8 Å². The number of aliphatic hydroxyl groups is 3. The summed E-state index contributed by atoms with van der Waals surface area (Å²) in [4.78, 5) is 0. The predicted octanol–water partition coefficient (Wildman–Crippen LogP) is 3.58. The fourth-order valence-corrected chi connectivity index (χ4v) is 9.19. The largest absolute Gasteiger partial charge is 0.393 e. The molecule has 0 aromatic heterocycles. The Labute approximate surface area is 191 Å². The minimum Gasteiger partial charge on any atom is -0.393 e. The van der Waals surface area contributed by atoms with Crippen molar-refractivity contribution in [3.8, 4) is 0 Å². The maximum atomic E-state index is 11.9. The third-order valence-electron chi connectivity index (χ3n) is 11.1. The lowest BCUT2D eigenvalue weighted by Crippen LogP contribution is -2.53. The van der Waals surface area contributed by atoms with Gasteiger partial charge in [-0.2, -0.15) is 0 Å². The molecule has 3 N–H and O–H groups in total. The number of hydrogen-bond donors (Lipinski definition) is 3. The van der Waals surface area contributed by atoms with Crippen molar-refractivity contribution < 1.29 is 24.8 Å². The van der Waals surface area contributed by atoms with Gasteiger partial charge in [0.25, 0.3) is 0 Å². The maximum Gasteiger partial charge on any atom is 0.172 e. The van der Waals surface area contributed by atoms with E-state index >= 15 is 0 Å². The first-order valence-electron chi connectivity index (χ1n) is 12.9. The number of fused-ring (bicyclic) bond motifs is 5. The number of rotatable bonds is 0. The summed E-state index contributed by atoms with van der Waals surface area (Å²) in [6, 6.07) is 0. The first kappa shape index (κ1) is 21.8. The van der Waals surface area contributed by atoms with Crippen LogP contribution >= 0.6 is 0 Å². The van der Waals surface area contributed by atoms with Crippen LogP contribution < -0.4 is 0 Å². The minimum atomic E-state index is -0.579. The topological polar surface area (TPSA) is 79.2 Å². The van der Waals surface area contributed by atoms with E-state index in [1.807, 2.05) is 0 Å². The molecule has 32 heavy (non-hydrogen) atoms. The van der Waals surface area contributed by atoms with E-state index in [2.05, 4.69) is 33.4 Å². The molecule has 0 radical (unpaired) electrons. The first-order valence-corrected chi connectivity index (χ1v) is 12.9. The van der Waals surface area contributed by atoms with Gasteiger partial charge in [0.15, 0.2) is 5.79 Å². The molecule has 4 aliphatic carbocycles. The van der Waals surface area contributed by atoms with E-state index in [0.29, 0.717) is 24.7 Å². The van der Waals surface area contributed by atoms with Gasteiger partial charge in [-0.3, -0.25) is 0 Å². The summed E-state index contributed by atoms with van der Waals surface area (Å²) in [5, 5.41) is 33.2. The summed E-state index contributed by atoms with van der Waals surface area (Å²) in [6.45, 7) is 12.0. The third kappa shape index (κ3) is 2.47. The second-order valence-corrected chi connectivity index (χ2v) is 12.3. The summed E-state index contributed by atoms with van der Waals surface area (Å²) >= 11 is 0. The van der Waals surface area contributed by atoms with Crippen molar-refractivity contribution in [3.05, 3.63) is 23.8 Å². The van der Waals surface area contributed by atoms with Crippen LogP contribution in [0.5, 0.6) is 0 Å². The summed E-state index contributed by atoms with van der Waals surface area (Å²) in [7, 11) is 0. The monoisotopic (exact) mass is 444 g/mol. The molecule has 0 bridgehead atoms. The Morgan fingerprint density at radius 1 is 1.09 bits per heavy atom. The molecule has 0 amide bonds.